The molecule has 0 aromatic heterocycles. The largest absolute Gasteiger partial charge is 0.497 e. The van der Waals surface area contributed by atoms with Gasteiger partial charge >= 0.3 is 0 Å². The Balaban J connectivity index is 1.68. The topological polar surface area (TPSA) is 121 Å². The molecular formula is C26H23N3O8. The summed E-state index contributed by atoms with van der Waals surface area (Å²) in [5.74, 6) is -1.33. The Morgan fingerprint density at radius 1 is 0.838 bits per heavy atom. The molecule has 3 aromatic rings. The molecule has 3 aromatic carbocycles. The van der Waals surface area contributed by atoms with Crippen molar-refractivity contribution >= 4 is 28.9 Å². The van der Waals surface area contributed by atoms with Crippen molar-refractivity contribution in [3.63, 3.8) is 0 Å². The number of hydrogen-bond acceptors (Lipinski definition) is 9. The van der Waals surface area contributed by atoms with Gasteiger partial charge in [0.1, 0.15) is 17.7 Å². The first-order valence-corrected chi connectivity index (χ1v) is 11.3. The average Bonchev–Trinajstić information content (AvgIpc) is 3.43. The van der Waals surface area contributed by atoms with E-state index in [-0.39, 0.29) is 22.7 Å². The Labute approximate surface area is 211 Å². The van der Waals surface area contributed by atoms with Crippen LogP contribution in [0.4, 0.5) is 17.1 Å². The highest BCUT2D eigenvalue weighted by Crippen LogP contribution is 2.51. The summed E-state index contributed by atoms with van der Waals surface area (Å²) in [6.07, 6.45) is -1.20. The molecule has 0 aliphatic carbocycles. The first kappa shape index (κ1) is 24.1. The number of methoxy groups -OCH3 is 3. The summed E-state index contributed by atoms with van der Waals surface area (Å²) < 4.78 is 15.9. The first-order chi connectivity index (χ1) is 17.9. The number of fused-ring (bicyclic) bond motifs is 1. The van der Waals surface area contributed by atoms with Crippen molar-refractivity contribution in [2.45, 2.75) is 12.1 Å². The number of amides is 2. The van der Waals surface area contributed by atoms with Gasteiger partial charge in [-0.25, -0.2) is 9.96 Å². The van der Waals surface area contributed by atoms with Gasteiger partial charge in [-0.05, 0) is 30.3 Å². The van der Waals surface area contributed by atoms with Gasteiger partial charge in [-0.15, -0.1) is 0 Å². The Bertz CT molecular complexity index is 1380. The Hall–Kier alpha value is -4.64. The SMILES string of the molecule is COc1cccc(N2C(=O)[C@@H]3[C@@H](c4cc(OC)c(OC)cc4[N+](=O)[O-])N(c4ccccc4)O[C@H]3C2=O)c1. The van der Waals surface area contributed by atoms with Crippen LogP contribution in [0.5, 0.6) is 17.2 Å². The number of carbonyl (C=O) groups excluding carboxylic acids is 2. The average molecular weight is 505 g/mol. The lowest BCUT2D eigenvalue weighted by molar-refractivity contribution is -0.385. The van der Waals surface area contributed by atoms with E-state index in [2.05, 4.69) is 0 Å². The van der Waals surface area contributed by atoms with Crippen molar-refractivity contribution < 1.29 is 33.6 Å². The molecular weight excluding hydrogens is 482 g/mol. The van der Waals surface area contributed by atoms with Crippen molar-refractivity contribution in [1.29, 1.82) is 0 Å². The molecule has 0 bridgehead atoms. The van der Waals surface area contributed by atoms with E-state index in [9.17, 15) is 19.7 Å². The number of hydrogen-bond donors (Lipinski definition) is 0. The zero-order valence-corrected chi connectivity index (χ0v) is 20.2. The van der Waals surface area contributed by atoms with Crippen LogP contribution in [0.3, 0.4) is 0 Å². The third kappa shape index (κ3) is 3.89. The van der Waals surface area contributed by atoms with Crippen LogP contribution in [-0.2, 0) is 14.4 Å². The van der Waals surface area contributed by atoms with E-state index in [1.165, 1.54) is 38.5 Å². The van der Waals surface area contributed by atoms with Crippen LogP contribution in [0.2, 0.25) is 0 Å². The van der Waals surface area contributed by atoms with Gasteiger partial charge in [-0.3, -0.25) is 24.5 Å². The highest BCUT2D eigenvalue weighted by molar-refractivity contribution is 6.24. The second kappa shape index (κ2) is 9.43. The predicted molar refractivity (Wildman–Crippen MR) is 132 cm³/mol. The number of nitrogens with zero attached hydrogens (tertiary/aromatic N) is 3. The molecule has 190 valence electrons. The second-order valence-electron chi connectivity index (χ2n) is 8.39. The number of imide groups is 1. The maximum Gasteiger partial charge on any atom is 0.278 e. The van der Waals surface area contributed by atoms with Crippen LogP contribution in [0.15, 0.2) is 66.7 Å². The zero-order valence-electron chi connectivity index (χ0n) is 20.2. The number of rotatable bonds is 7. The maximum atomic E-state index is 13.8. The number of nitro benzene ring substituents is 1. The number of hydroxylamine groups is 1. The standard InChI is InChI=1S/C26H23N3O8/c1-34-17-11-7-10-16(12-17)27-25(30)22-23(18-13-20(35-2)21(36-3)14-19(18)29(32)33)28(37-24(22)26(27)31)15-8-5-4-6-9-15/h4-14,22-24H,1-3H3/t22-,23-,24-/m1/s1. The second-order valence-corrected chi connectivity index (χ2v) is 8.39. The normalized spacial score (nSPS) is 20.7. The molecule has 0 unspecified atom stereocenters. The highest BCUT2D eigenvalue weighted by Gasteiger charge is 2.61. The molecule has 0 spiro atoms. The molecule has 37 heavy (non-hydrogen) atoms. The van der Waals surface area contributed by atoms with E-state index >= 15 is 0 Å². The van der Waals surface area contributed by atoms with E-state index in [0.29, 0.717) is 17.1 Å². The molecule has 0 N–H and O–H groups in total. The van der Waals surface area contributed by atoms with Gasteiger partial charge in [0, 0.05) is 6.07 Å². The van der Waals surface area contributed by atoms with E-state index in [1.807, 2.05) is 0 Å². The summed E-state index contributed by atoms with van der Waals surface area (Å²) in [6, 6.07) is 17.0. The molecule has 2 amide bonds. The van der Waals surface area contributed by atoms with Crippen molar-refractivity contribution in [3.8, 4) is 17.2 Å². The van der Waals surface area contributed by atoms with Gasteiger partial charge < -0.3 is 14.2 Å². The van der Waals surface area contributed by atoms with Gasteiger partial charge in [-0.2, -0.15) is 0 Å². The van der Waals surface area contributed by atoms with Crippen molar-refractivity contribution in [1.82, 2.24) is 0 Å². The maximum absolute atomic E-state index is 13.8. The third-order valence-electron chi connectivity index (χ3n) is 6.49. The van der Waals surface area contributed by atoms with E-state index in [4.69, 9.17) is 19.0 Å². The molecule has 0 radical (unpaired) electrons. The fraction of sp³-hybridized carbons (Fsp3) is 0.231. The van der Waals surface area contributed by atoms with E-state index < -0.39 is 34.8 Å². The quantitative estimate of drug-likeness (QED) is 0.269. The third-order valence-corrected chi connectivity index (χ3v) is 6.49. The van der Waals surface area contributed by atoms with Crippen LogP contribution in [0, 0.1) is 16.0 Å². The summed E-state index contributed by atoms with van der Waals surface area (Å²) in [5.41, 5.74) is 0.694. The molecule has 2 heterocycles. The molecule has 11 heteroatoms. The molecule has 3 atom stereocenters. The molecule has 2 aliphatic rings. The summed E-state index contributed by atoms with van der Waals surface area (Å²) in [7, 11) is 4.26. The zero-order chi connectivity index (χ0) is 26.3. The number of ether oxygens (including phenoxy) is 3. The summed E-state index contributed by atoms with van der Waals surface area (Å²) in [6.45, 7) is 0. The van der Waals surface area contributed by atoms with Crippen LogP contribution < -0.4 is 24.2 Å². The molecule has 11 nitrogen and oxygen atoms in total. The number of anilines is 2. The van der Waals surface area contributed by atoms with Gasteiger partial charge in [-0.1, -0.05) is 24.3 Å². The first-order valence-electron chi connectivity index (χ1n) is 11.3. The fourth-order valence-electron chi connectivity index (χ4n) is 4.81. The van der Waals surface area contributed by atoms with Gasteiger partial charge in [0.05, 0.1) is 49.3 Å². The van der Waals surface area contributed by atoms with E-state index in [0.717, 1.165) is 4.90 Å². The Kier molecular flexibility index (Phi) is 6.14. The van der Waals surface area contributed by atoms with Crippen molar-refractivity contribution in [2.75, 3.05) is 31.3 Å². The van der Waals surface area contributed by atoms with Crippen LogP contribution in [0.25, 0.3) is 0 Å². The minimum absolute atomic E-state index is 0.146. The molecule has 5 rings (SSSR count). The summed E-state index contributed by atoms with van der Waals surface area (Å²) in [4.78, 5) is 46.1. The Morgan fingerprint density at radius 2 is 1.51 bits per heavy atom. The molecule has 2 fully saturated rings. The fourth-order valence-corrected chi connectivity index (χ4v) is 4.81. The number of para-hydroxylation sites is 1. The number of nitro groups is 1. The predicted octanol–water partition coefficient (Wildman–Crippen LogP) is 3.67. The highest BCUT2D eigenvalue weighted by atomic mass is 16.7. The van der Waals surface area contributed by atoms with Crippen LogP contribution in [-0.4, -0.2) is 44.2 Å². The van der Waals surface area contributed by atoms with Crippen LogP contribution in [0.1, 0.15) is 11.6 Å². The monoisotopic (exact) mass is 505 g/mol. The van der Waals surface area contributed by atoms with Gasteiger partial charge in [0.15, 0.2) is 17.6 Å². The lowest BCUT2D eigenvalue weighted by atomic mass is 9.89. The summed E-state index contributed by atoms with van der Waals surface area (Å²) in [5, 5.41) is 13.5. The smallest absolute Gasteiger partial charge is 0.278 e. The number of carbonyl (C=O) groups is 2. The molecule has 2 saturated heterocycles. The molecule has 0 saturated carbocycles. The van der Waals surface area contributed by atoms with Crippen molar-refractivity contribution in [2.24, 2.45) is 5.92 Å². The number of benzene rings is 3. The summed E-state index contributed by atoms with van der Waals surface area (Å²) >= 11 is 0. The van der Waals surface area contributed by atoms with Crippen molar-refractivity contribution in [3.05, 3.63) is 82.4 Å². The molecule has 2 aliphatic heterocycles. The van der Waals surface area contributed by atoms with Gasteiger partial charge in [0.2, 0.25) is 5.91 Å². The lowest BCUT2D eigenvalue weighted by Crippen LogP contribution is -2.37. The van der Waals surface area contributed by atoms with Crippen LogP contribution >= 0.6 is 0 Å². The minimum Gasteiger partial charge on any atom is -0.497 e. The Morgan fingerprint density at radius 3 is 2.16 bits per heavy atom. The van der Waals surface area contributed by atoms with Gasteiger partial charge in [0.25, 0.3) is 11.6 Å². The lowest BCUT2D eigenvalue weighted by Gasteiger charge is -2.29. The minimum atomic E-state index is -1.20. The van der Waals surface area contributed by atoms with E-state index in [1.54, 1.807) is 54.6 Å².